The van der Waals surface area contributed by atoms with E-state index in [1.54, 1.807) is 0 Å². The van der Waals surface area contributed by atoms with E-state index >= 15 is 0 Å². The number of nitrogens with one attached hydrogen (secondary N) is 2. The molecule has 5 aromatic rings. The number of benzene rings is 5. The first kappa shape index (κ1) is 18.9. The number of aryl methyl sites for hydroxylation is 1. The van der Waals surface area contributed by atoms with Crippen LogP contribution in [0.5, 0.6) is 0 Å². The van der Waals surface area contributed by atoms with E-state index in [1.165, 1.54) is 27.1 Å². The van der Waals surface area contributed by atoms with Crippen molar-refractivity contribution < 1.29 is 4.79 Å². The van der Waals surface area contributed by atoms with E-state index in [0.717, 1.165) is 22.5 Å². The number of carbonyl (C=O) groups excluding carboxylic acids is 1. The summed E-state index contributed by atoms with van der Waals surface area (Å²) >= 11 is 0. The van der Waals surface area contributed by atoms with Crippen molar-refractivity contribution in [2.45, 2.75) is 6.92 Å². The summed E-state index contributed by atoms with van der Waals surface area (Å²) in [5.41, 5.74) is 4.82. The highest BCUT2D eigenvalue weighted by atomic mass is 16.2. The van der Waals surface area contributed by atoms with Gasteiger partial charge in [-0.2, -0.15) is 0 Å². The van der Waals surface area contributed by atoms with Crippen molar-refractivity contribution in [2.24, 2.45) is 0 Å². The summed E-state index contributed by atoms with van der Waals surface area (Å²) in [6.45, 7) is 2.00. The number of carbonyl (C=O) groups is 1. The number of rotatable bonds is 3. The third-order valence-electron chi connectivity index (χ3n) is 5.58. The van der Waals surface area contributed by atoms with Crippen molar-refractivity contribution in [1.29, 1.82) is 0 Å². The van der Waals surface area contributed by atoms with Crippen LogP contribution in [0.3, 0.4) is 0 Å². The average Bonchev–Trinajstić information content (AvgIpc) is 2.79. The van der Waals surface area contributed by atoms with Gasteiger partial charge in [-0.25, -0.2) is 4.79 Å². The summed E-state index contributed by atoms with van der Waals surface area (Å²) in [4.78, 5) is 12.6. The fourth-order valence-electron chi connectivity index (χ4n) is 4.04. The molecule has 0 radical (unpaired) electrons. The van der Waals surface area contributed by atoms with Crippen LogP contribution in [0.1, 0.15) is 5.56 Å². The Morgan fingerprint density at radius 3 is 1.94 bits per heavy atom. The molecule has 0 saturated heterocycles. The molecule has 0 spiro atoms. The molecule has 150 valence electrons. The molecular formula is C28H22N2O. The lowest BCUT2D eigenvalue weighted by Gasteiger charge is -2.15. The highest BCUT2D eigenvalue weighted by molar-refractivity contribution is 6.13. The maximum absolute atomic E-state index is 12.6. The van der Waals surface area contributed by atoms with E-state index < -0.39 is 0 Å². The van der Waals surface area contributed by atoms with Crippen molar-refractivity contribution in [1.82, 2.24) is 0 Å². The van der Waals surface area contributed by atoms with E-state index in [9.17, 15) is 4.79 Å². The number of anilines is 2. The number of hydrogen-bond donors (Lipinski definition) is 2. The fraction of sp³-hybridized carbons (Fsp3) is 0.0357. The molecule has 0 heterocycles. The molecule has 0 atom stereocenters. The van der Waals surface area contributed by atoms with Crippen molar-refractivity contribution in [3.05, 3.63) is 109 Å². The molecule has 0 bridgehead atoms. The molecule has 0 aliphatic rings. The van der Waals surface area contributed by atoms with E-state index in [0.29, 0.717) is 0 Å². The Balaban J connectivity index is 1.59. The number of amides is 2. The molecule has 3 heteroatoms. The van der Waals surface area contributed by atoms with Crippen LogP contribution < -0.4 is 10.6 Å². The van der Waals surface area contributed by atoms with Crippen LogP contribution in [0, 0.1) is 6.92 Å². The van der Waals surface area contributed by atoms with E-state index in [1.807, 2.05) is 37.3 Å². The predicted octanol–water partition coefficient (Wildman–Crippen LogP) is 7.61. The Kier molecular flexibility index (Phi) is 4.85. The van der Waals surface area contributed by atoms with Gasteiger partial charge in [0.05, 0.1) is 0 Å². The molecule has 0 aliphatic carbocycles. The zero-order chi connectivity index (χ0) is 21.2. The van der Waals surface area contributed by atoms with Gasteiger partial charge in [-0.15, -0.1) is 0 Å². The second kappa shape index (κ2) is 7.96. The van der Waals surface area contributed by atoms with Crippen molar-refractivity contribution >= 4 is 39.0 Å². The number of urea groups is 1. The molecule has 2 amide bonds. The van der Waals surface area contributed by atoms with Gasteiger partial charge in [-0.3, -0.25) is 0 Å². The Bertz CT molecular complexity index is 1350. The van der Waals surface area contributed by atoms with Gasteiger partial charge in [0.15, 0.2) is 0 Å². The monoisotopic (exact) mass is 402 g/mol. The third kappa shape index (κ3) is 3.74. The molecule has 31 heavy (non-hydrogen) atoms. The summed E-state index contributed by atoms with van der Waals surface area (Å²) in [6, 6.07) is 34.6. The second-order valence-electron chi connectivity index (χ2n) is 7.67. The van der Waals surface area contributed by atoms with Crippen molar-refractivity contribution in [3.8, 4) is 11.1 Å². The Morgan fingerprint density at radius 2 is 1.26 bits per heavy atom. The van der Waals surface area contributed by atoms with Crippen LogP contribution in [0.15, 0.2) is 103 Å². The second-order valence-corrected chi connectivity index (χ2v) is 7.67. The standard InChI is InChI=1S/C28H22N2O/c1-19-15-16-22(18-26(19)30-28(31)29-23-11-3-2-4-12-23)27-24-13-7-5-9-20(24)17-21-10-6-8-14-25(21)27/h2-18H,1H3,(H2,29,30,31). The first-order valence-corrected chi connectivity index (χ1v) is 10.3. The van der Waals surface area contributed by atoms with Gasteiger partial charge in [-0.05, 0) is 69.4 Å². The number of fused-ring (bicyclic) bond motifs is 2. The molecule has 0 unspecified atom stereocenters. The van der Waals surface area contributed by atoms with Crippen LogP contribution >= 0.6 is 0 Å². The molecule has 5 aromatic carbocycles. The van der Waals surface area contributed by atoms with Gasteiger partial charge in [-0.1, -0.05) is 78.9 Å². The molecule has 0 aromatic heterocycles. The van der Waals surface area contributed by atoms with Crippen LogP contribution in [-0.4, -0.2) is 6.03 Å². The maximum Gasteiger partial charge on any atom is 0.323 e. The number of hydrogen-bond acceptors (Lipinski definition) is 1. The van der Waals surface area contributed by atoms with Gasteiger partial charge in [0.25, 0.3) is 0 Å². The summed E-state index contributed by atoms with van der Waals surface area (Å²) in [6.07, 6.45) is 0. The zero-order valence-corrected chi connectivity index (χ0v) is 17.2. The summed E-state index contributed by atoms with van der Waals surface area (Å²) in [5.74, 6) is 0. The lowest BCUT2D eigenvalue weighted by Crippen LogP contribution is -2.19. The van der Waals surface area contributed by atoms with Gasteiger partial charge in [0.2, 0.25) is 0 Å². The first-order chi connectivity index (χ1) is 15.2. The van der Waals surface area contributed by atoms with Crippen LogP contribution in [0.4, 0.5) is 16.2 Å². The Morgan fingerprint density at radius 1 is 0.645 bits per heavy atom. The van der Waals surface area contributed by atoms with E-state index in [-0.39, 0.29) is 6.03 Å². The Hall–Kier alpha value is -4.11. The van der Waals surface area contributed by atoms with Gasteiger partial charge in [0, 0.05) is 11.4 Å². The molecule has 2 N–H and O–H groups in total. The normalized spacial score (nSPS) is 10.9. The third-order valence-corrected chi connectivity index (χ3v) is 5.58. The number of para-hydroxylation sites is 1. The Labute approximate surface area is 181 Å². The zero-order valence-electron chi connectivity index (χ0n) is 17.2. The quantitative estimate of drug-likeness (QED) is 0.300. The maximum atomic E-state index is 12.6. The lowest BCUT2D eigenvalue weighted by atomic mass is 9.91. The van der Waals surface area contributed by atoms with Crippen LogP contribution in [-0.2, 0) is 0 Å². The highest BCUT2D eigenvalue weighted by Crippen LogP contribution is 2.37. The highest BCUT2D eigenvalue weighted by Gasteiger charge is 2.12. The minimum absolute atomic E-state index is 0.255. The van der Waals surface area contributed by atoms with E-state index in [4.69, 9.17) is 0 Å². The van der Waals surface area contributed by atoms with Crippen LogP contribution in [0.2, 0.25) is 0 Å². The summed E-state index contributed by atoms with van der Waals surface area (Å²) in [5, 5.41) is 10.7. The minimum atomic E-state index is -0.255. The largest absolute Gasteiger partial charge is 0.323 e. The predicted molar refractivity (Wildman–Crippen MR) is 131 cm³/mol. The fourth-order valence-corrected chi connectivity index (χ4v) is 4.04. The lowest BCUT2D eigenvalue weighted by molar-refractivity contribution is 0.262. The summed E-state index contributed by atoms with van der Waals surface area (Å²) < 4.78 is 0. The van der Waals surface area contributed by atoms with Crippen molar-refractivity contribution in [2.75, 3.05) is 10.6 Å². The smallest absolute Gasteiger partial charge is 0.308 e. The van der Waals surface area contributed by atoms with Gasteiger partial charge < -0.3 is 10.6 Å². The minimum Gasteiger partial charge on any atom is -0.308 e. The topological polar surface area (TPSA) is 41.1 Å². The summed E-state index contributed by atoms with van der Waals surface area (Å²) in [7, 11) is 0. The SMILES string of the molecule is Cc1ccc(-c2c3ccccc3cc3ccccc23)cc1NC(=O)Nc1ccccc1. The molecule has 5 rings (SSSR count). The molecule has 0 fully saturated rings. The van der Waals surface area contributed by atoms with Crippen LogP contribution in [0.25, 0.3) is 32.7 Å². The van der Waals surface area contributed by atoms with E-state index in [2.05, 4.69) is 83.4 Å². The molecule has 0 aliphatic heterocycles. The average molecular weight is 402 g/mol. The molecular weight excluding hydrogens is 380 g/mol. The van der Waals surface area contributed by atoms with Gasteiger partial charge in [0.1, 0.15) is 0 Å². The van der Waals surface area contributed by atoms with Crippen molar-refractivity contribution in [3.63, 3.8) is 0 Å². The molecule has 0 saturated carbocycles. The molecule has 3 nitrogen and oxygen atoms in total. The van der Waals surface area contributed by atoms with Gasteiger partial charge >= 0.3 is 6.03 Å². The first-order valence-electron chi connectivity index (χ1n) is 10.3.